The van der Waals surface area contributed by atoms with Crippen molar-refractivity contribution < 1.29 is 4.39 Å². The lowest BCUT2D eigenvalue weighted by Crippen LogP contribution is -2.05. The van der Waals surface area contributed by atoms with E-state index in [1.54, 1.807) is 23.5 Å². The Hall–Kier alpha value is -0.910. The first-order valence-corrected chi connectivity index (χ1v) is 7.10. The van der Waals surface area contributed by atoms with Gasteiger partial charge in [-0.15, -0.1) is 23.1 Å². The van der Waals surface area contributed by atoms with E-state index < -0.39 is 0 Å². The molecule has 0 aliphatic carbocycles. The van der Waals surface area contributed by atoms with Crippen LogP contribution in [0, 0.1) is 5.82 Å². The van der Waals surface area contributed by atoms with Crippen LogP contribution in [0.1, 0.15) is 23.7 Å². The van der Waals surface area contributed by atoms with Gasteiger partial charge in [-0.05, 0) is 19.1 Å². The molecule has 5 heteroatoms. The predicted molar refractivity (Wildman–Crippen MR) is 70.7 cm³/mol. The van der Waals surface area contributed by atoms with Crippen LogP contribution in [-0.4, -0.2) is 4.98 Å². The first-order valence-electron chi connectivity index (χ1n) is 5.24. The van der Waals surface area contributed by atoms with Crippen molar-refractivity contribution in [3.8, 4) is 0 Å². The molecule has 1 aromatic carbocycles. The maximum absolute atomic E-state index is 13.4. The molecule has 90 valence electrons. The van der Waals surface area contributed by atoms with E-state index in [4.69, 9.17) is 5.73 Å². The fourth-order valence-electron chi connectivity index (χ4n) is 1.30. The lowest BCUT2D eigenvalue weighted by Gasteiger charge is -2.01. The highest BCUT2D eigenvalue weighted by atomic mass is 32.2. The number of nitrogens with two attached hydrogens (primary N) is 1. The van der Waals surface area contributed by atoms with Gasteiger partial charge < -0.3 is 5.73 Å². The van der Waals surface area contributed by atoms with Crippen LogP contribution in [0.3, 0.4) is 0 Å². The normalized spacial score (nSPS) is 12.6. The van der Waals surface area contributed by atoms with E-state index in [1.807, 2.05) is 18.4 Å². The standard InChI is InChI=1S/C12H13FN2S2/c1-8(14)10-6-17-12(15-10)7-16-11-5-3-2-4-9(11)13/h2-6,8H,7,14H2,1H3. The maximum atomic E-state index is 13.4. The van der Waals surface area contributed by atoms with Crippen molar-refractivity contribution in [2.75, 3.05) is 0 Å². The fraction of sp³-hybridized carbons (Fsp3) is 0.250. The zero-order chi connectivity index (χ0) is 12.3. The minimum Gasteiger partial charge on any atom is -0.323 e. The van der Waals surface area contributed by atoms with Crippen LogP contribution in [0.4, 0.5) is 4.39 Å². The zero-order valence-corrected chi connectivity index (χ0v) is 11.0. The minimum atomic E-state index is -0.179. The fourth-order valence-corrected chi connectivity index (χ4v) is 3.16. The number of halogens is 1. The highest BCUT2D eigenvalue weighted by molar-refractivity contribution is 7.98. The van der Waals surface area contributed by atoms with E-state index in [-0.39, 0.29) is 11.9 Å². The molecule has 1 atom stereocenters. The van der Waals surface area contributed by atoms with Gasteiger partial charge in [0.25, 0.3) is 0 Å². The molecule has 1 unspecified atom stereocenters. The molecule has 1 heterocycles. The van der Waals surface area contributed by atoms with Gasteiger partial charge in [-0.1, -0.05) is 12.1 Å². The molecule has 0 fully saturated rings. The van der Waals surface area contributed by atoms with Gasteiger partial charge in [-0.3, -0.25) is 0 Å². The second-order valence-electron chi connectivity index (χ2n) is 3.67. The monoisotopic (exact) mass is 268 g/mol. The van der Waals surface area contributed by atoms with Crippen molar-refractivity contribution in [1.82, 2.24) is 4.98 Å². The maximum Gasteiger partial charge on any atom is 0.136 e. The summed E-state index contributed by atoms with van der Waals surface area (Å²) in [5, 5.41) is 2.94. The molecular weight excluding hydrogens is 255 g/mol. The largest absolute Gasteiger partial charge is 0.323 e. The van der Waals surface area contributed by atoms with Crippen molar-refractivity contribution in [3.63, 3.8) is 0 Å². The Labute approximate surface area is 108 Å². The van der Waals surface area contributed by atoms with Crippen LogP contribution in [0.15, 0.2) is 34.5 Å². The lowest BCUT2D eigenvalue weighted by molar-refractivity contribution is 0.602. The van der Waals surface area contributed by atoms with E-state index >= 15 is 0 Å². The van der Waals surface area contributed by atoms with Crippen LogP contribution in [0.25, 0.3) is 0 Å². The Morgan fingerprint density at radius 1 is 1.47 bits per heavy atom. The molecule has 1 aromatic heterocycles. The SMILES string of the molecule is CC(N)c1csc(CSc2ccccc2F)n1. The number of nitrogens with zero attached hydrogens (tertiary/aromatic N) is 1. The molecule has 0 bridgehead atoms. The molecule has 2 rings (SSSR count). The Morgan fingerprint density at radius 3 is 2.88 bits per heavy atom. The van der Waals surface area contributed by atoms with E-state index in [0.717, 1.165) is 10.7 Å². The van der Waals surface area contributed by atoms with Crippen molar-refractivity contribution in [2.24, 2.45) is 5.73 Å². The van der Waals surface area contributed by atoms with Gasteiger partial charge in [0.2, 0.25) is 0 Å². The topological polar surface area (TPSA) is 38.9 Å². The van der Waals surface area contributed by atoms with Crippen molar-refractivity contribution in [1.29, 1.82) is 0 Å². The smallest absolute Gasteiger partial charge is 0.136 e. The third-order valence-corrected chi connectivity index (χ3v) is 4.33. The Morgan fingerprint density at radius 2 is 2.24 bits per heavy atom. The molecule has 0 saturated heterocycles. The number of thioether (sulfide) groups is 1. The zero-order valence-electron chi connectivity index (χ0n) is 9.39. The number of benzene rings is 1. The van der Waals surface area contributed by atoms with Gasteiger partial charge in [0.05, 0.1) is 11.4 Å². The number of hydrogen-bond acceptors (Lipinski definition) is 4. The van der Waals surface area contributed by atoms with Crippen molar-refractivity contribution in [3.05, 3.63) is 46.2 Å². The van der Waals surface area contributed by atoms with E-state index in [1.165, 1.54) is 17.8 Å². The van der Waals surface area contributed by atoms with Gasteiger partial charge in [0.1, 0.15) is 10.8 Å². The van der Waals surface area contributed by atoms with Crippen molar-refractivity contribution >= 4 is 23.1 Å². The molecule has 0 spiro atoms. The number of thiazole rings is 1. The quantitative estimate of drug-likeness (QED) is 0.861. The molecule has 2 N–H and O–H groups in total. The molecule has 0 aliphatic heterocycles. The molecular formula is C12H13FN2S2. The Balaban J connectivity index is 2.00. The van der Waals surface area contributed by atoms with Crippen LogP contribution in [0.5, 0.6) is 0 Å². The van der Waals surface area contributed by atoms with Crippen LogP contribution in [0.2, 0.25) is 0 Å². The van der Waals surface area contributed by atoms with E-state index in [9.17, 15) is 4.39 Å². The Bertz CT molecular complexity index is 497. The second kappa shape index (κ2) is 5.62. The van der Waals surface area contributed by atoms with Gasteiger partial charge in [-0.25, -0.2) is 9.37 Å². The molecule has 0 saturated carbocycles. The summed E-state index contributed by atoms with van der Waals surface area (Å²) in [5.41, 5.74) is 6.64. The summed E-state index contributed by atoms with van der Waals surface area (Å²) in [6, 6.07) is 6.73. The summed E-state index contributed by atoms with van der Waals surface area (Å²) in [7, 11) is 0. The first kappa shape index (κ1) is 12.5. The lowest BCUT2D eigenvalue weighted by atomic mass is 10.3. The second-order valence-corrected chi connectivity index (χ2v) is 5.63. The number of hydrogen-bond donors (Lipinski definition) is 1. The van der Waals surface area contributed by atoms with Crippen LogP contribution in [-0.2, 0) is 5.75 Å². The third kappa shape index (κ3) is 3.28. The molecule has 2 nitrogen and oxygen atoms in total. The average molecular weight is 268 g/mol. The highest BCUT2D eigenvalue weighted by Gasteiger charge is 2.07. The molecule has 2 aromatic rings. The Kier molecular flexibility index (Phi) is 4.15. The molecule has 0 aliphatic rings. The van der Waals surface area contributed by atoms with Gasteiger partial charge in [-0.2, -0.15) is 0 Å². The highest BCUT2D eigenvalue weighted by Crippen LogP contribution is 2.27. The first-order chi connectivity index (χ1) is 8.16. The van der Waals surface area contributed by atoms with Crippen LogP contribution >= 0.6 is 23.1 Å². The third-order valence-electron chi connectivity index (χ3n) is 2.22. The number of rotatable bonds is 4. The molecule has 17 heavy (non-hydrogen) atoms. The molecule has 0 amide bonds. The molecule has 0 radical (unpaired) electrons. The van der Waals surface area contributed by atoms with Crippen LogP contribution < -0.4 is 5.73 Å². The van der Waals surface area contributed by atoms with Gasteiger partial charge in [0.15, 0.2) is 0 Å². The summed E-state index contributed by atoms with van der Waals surface area (Å²) in [4.78, 5) is 5.06. The van der Waals surface area contributed by atoms with Gasteiger partial charge in [0, 0.05) is 16.3 Å². The summed E-state index contributed by atoms with van der Waals surface area (Å²) in [5.74, 6) is 0.500. The van der Waals surface area contributed by atoms with E-state index in [2.05, 4.69) is 4.98 Å². The van der Waals surface area contributed by atoms with Crippen molar-refractivity contribution in [2.45, 2.75) is 23.6 Å². The summed E-state index contributed by atoms with van der Waals surface area (Å²) < 4.78 is 13.4. The number of aromatic nitrogens is 1. The predicted octanol–water partition coefficient (Wildman–Crippen LogP) is 3.59. The average Bonchev–Trinajstić information content (AvgIpc) is 2.77. The van der Waals surface area contributed by atoms with E-state index in [0.29, 0.717) is 10.6 Å². The summed E-state index contributed by atoms with van der Waals surface area (Å²) in [6.07, 6.45) is 0. The summed E-state index contributed by atoms with van der Waals surface area (Å²) >= 11 is 3.03. The summed E-state index contributed by atoms with van der Waals surface area (Å²) in [6.45, 7) is 1.91. The minimum absolute atomic E-state index is 0.0431. The van der Waals surface area contributed by atoms with Gasteiger partial charge >= 0.3 is 0 Å².